The van der Waals surface area contributed by atoms with Crippen molar-refractivity contribution in [3.05, 3.63) is 94.2 Å². The zero-order chi connectivity index (χ0) is 18.8. The van der Waals surface area contributed by atoms with Crippen LogP contribution in [0.3, 0.4) is 0 Å². The van der Waals surface area contributed by atoms with Crippen LogP contribution in [0.4, 0.5) is 0 Å². The lowest BCUT2D eigenvalue weighted by molar-refractivity contribution is -0.521. The fourth-order valence-electron chi connectivity index (χ4n) is 3.22. The minimum Gasteiger partial charge on any atom is -0.477 e. The first kappa shape index (κ1) is 17.2. The normalized spacial score (nSPS) is 11.8. The molecule has 0 fully saturated rings. The molecule has 0 amide bonds. The van der Waals surface area contributed by atoms with Crippen LogP contribution < -0.4 is 9.96 Å². The van der Waals surface area contributed by atoms with Gasteiger partial charge in [-0.25, -0.2) is 4.79 Å². The number of hydrogen-bond acceptors (Lipinski definition) is 3. The Bertz CT molecular complexity index is 1180. The van der Waals surface area contributed by atoms with Crippen molar-refractivity contribution in [2.24, 2.45) is 0 Å². The predicted molar refractivity (Wildman–Crippen MR) is 109 cm³/mol. The summed E-state index contributed by atoms with van der Waals surface area (Å²) in [6.45, 7) is 2.05. The van der Waals surface area contributed by atoms with E-state index in [1.807, 2.05) is 79.0 Å². The van der Waals surface area contributed by atoms with E-state index >= 15 is 0 Å². The molecule has 0 atom stereocenters. The molecule has 1 N–H and O–H groups in total. The van der Waals surface area contributed by atoms with Crippen LogP contribution in [0.5, 0.6) is 5.88 Å². The molecule has 0 aliphatic rings. The van der Waals surface area contributed by atoms with Crippen molar-refractivity contribution in [1.82, 2.24) is 4.57 Å². The molecule has 0 spiro atoms. The lowest BCUT2D eigenvalue weighted by atomic mass is 10.1. The minimum absolute atomic E-state index is 0.0392. The third-order valence-electron chi connectivity index (χ3n) is 4.42. The lowest BCUT2D eigenvalue weighted by Crippen LogP contribution is -2.33. The van der Waals surface area contributed by atoms with Gasteiger partial charge in [0.05, 0.1) is 0 Å². The van der Waals surface area contributed by atoms with E-state index in [1.54, 1.807) is 15.2 Å². The van der Waals surface area contributed by atoms with Gasteiger partial charge in [0.1, 0.15) is 11.9 Å². The summed E-state index contributed by atoms with van der Waals surface area (Å²) in [5, 5.41) is 12.7. The molecular formula is C22H19N2O2S+. The first-order valence-corrected chi connectivity index (χ1v) is 9.68. The van der Waals surface area contributed by atoms with Crippen LogP contribution in [0.25, 0.3) is 21.8 Å². The summed E-state index contributed by atoms with van der Waals surface area (Å²) in [5.41, 5.74) is 2.54. The van der Waals surface area contributed by atoms with Crippen LogP contribution in [0.1, 0.15) is 18.9 Å². The molecular weight excluding hydrogens is 356 g/mol. The second kappa shape index (κ2) is 7.21. The van der Waals surface area contributed by atoms with E-state index < -0.39 is 0 Å². The zero-order valence-corrected chi connectivity index (χ0v) is 15.7. The van der Waals surface area contributed by atoms with Crippen LogP contribution in [0.2, 0.25) is 0 Å². The van der Waals surface area contributed by atoms with Crippen molar-refractivity contribution in [2.75, 3.05) is 0 Å². The largest absolute Gasteiger partial charge is 0.477 e. The van der Waals surface area contributed by atoms with Gasteiger partial charge in [-0.05, 0) is 18.1 Å². The van der Waals surface area contributed by atoms with E-state index in [9.17, 15) is 9.90 Å². The molecule has 4 nitrogen and oxygen atoms in total. The van der Waals surface area contributed by atoms with Gasteiger partial charge in [0.25, 0.3) is 0 Å². The first-order valence-electron chi connectivity index (χ1n) is 8.80. The summed E-state index contributed by atoms with van der Waals surface area (Å²) in [4.78, 5) is 14.2. The second-order valence-corrected chi connectivity index (χ2v) is 7.00. The standard InChI is InChI=1S/C22H18N2O2S/c1-2-9-18(16-10-5-3-6-11-16)24-21(26)19(17-12-7-4-8-13-17)20(25)23-14-15-27-22(23)24/h3-15H,2H2,1H3/p+1/b18-9-. The van der Waals surface area contributed by atoms with Crippen LogP contribution in [0, 0.1) is 0 Å². The van der Waals surface area contributed by atoms with Crippen molar-refractivity contribution in [3.8, 4) is 17.0 Å². The summed E-state index contributed by atoms with van der Waals surface area (Å²) >= 11 is 1.42. The number of hydrogen-bond donors (Lipinski definition) is 1. The number of thiazole rings is 1. The Morgan fingerprint density at radius 3 is 2.44 bits per heavy atom. The highest BCUT2D eigenvalue weighted by atomic mass is 32.1. The highest BCUT2D eigenvalue weighted by molar-refractivity contribution is 7.14. The molecule has 2 heterocycles. The monoisotopic (exact) mass is 375 g/mol. The Balaban J connectivity index is 2.11. The molecule has 5 heteroatoms. The zero-order valence-electron chi connectivity index (χ0n) is 14.9. The molecule has 0 aliphatic heterocycles. The number of aromatic nitrogens is 2. The maximum Gasteiger partial charge on any atom is 0.356 e. The number of aromatic hydroxyl groups is 1. The highest BCUT2D eigenvalue weighted by Crippen LogP contribution is 2.27. The number of nitrogens with zero attached hydrogens (tertiary/aromatic N) is 2. The fraction of sp³-hybridized carbons (Fsp3) is 0.0909. The molecule has 4 aromatic rings. The minimum atomic E-state index is -0.232. The Labute approximate surface area is 160 Å². The van der Waals surface area contributed by atoms with Crippen LogP contribution >= 0.6 is 11.3 Å². The van der Waals surface area contributed by atoms with Crippen molar-refractivity contribution >= 4 is 22.0 Å². The SMILES string of the molecule is CC/C=C(/c1ccccc1)n1c(=O)c(-c2ccccc2)c(O)[n+]2ccsc12. The maximum absolute atomic E-state index is 13.5. The average Bonchev–Trinajstić information content (AvgIpc) is 3.19. The molecule has 0 aliphatic carbocycles. The van der Waals surface area contributed by atoms with Crippen LogP contribution in [-0.4, -0.2) is 9.67 Å². The molecule has 4 rings (SSSR count). The Morgan fingerprint density at radius 1 is 1.11 bits per heavy atom. The summed E-state index contributed by atoms with van der Waals surface area (Å²) in [6.07, 6.45) is 4.62. The van der Waals surface area contributed by atoms with E-state index in [-0.39, 0.29) is 11.4 Å². The van der Waals surface area contributed by atoms with Gasteiger partial charge in [-0.1, -0.05) is 78.9 Å². The highest BCUT2D eigenvalue weighted by Gasteiger charge is 2.28. The number of rotatable bonds is 4. The number of allylic oxidation sites excluding steroid dienone is 1. The Kier molecular flexibility index (Phi) is 4.60. The molecule has 0 saturated carbocycles. The van der Waals surface area contributed by atoms with E-state index in [2.05, 4.69) is 0 Å². The average molecular weight is 375 g/mol. The van der Waals surface area contributed by atoms with Gasteiger partial charge in [0, 0.05) is 10.9 Å². The first-order chi connectivity index (χ1) is 13.2. The van der Waals surface area contributed by atoms with Crippen molar-refractivity contribution in [1.29, 1.82) is 0 Å². The topological polar surface area (TPSA) is 46.3 Å². The molecule has 0 saturated heterocycles. The lowest BCUT2D eigenvalue weighted by Gasteiger charge is -2.09. The van der Waals surface area contributed by atoms with E-state index in [0.29, 0.717) is 16.1 Å². The molecule has 2 aromatic carbocycles. The van der Waals surface area contributed by atoms with Gasteiger partial charge in [0.15, 0.2) is 5.56 Å². The van der Waals surface area contributed by atoms with E-state index in [1.165, 1.54) is 11.3 Å². The predicted octanol–water partition coefficient (Wildman–Crippen LogP) is 4.32. The summed E-state index contributed by atoms with van der Waals surface area (Å²) < 4.78 is 3.37. The van der Waals surface area contributed by atoms with Gasteiger partial charge < -0.3 is 5.11 Å². The van der Waals surface area contributed by atoms with Gasteiger partial charge in [-0.2, -0.15) is 4.40 Å². The molecule has 134 valence electrons. The second-order valence-electron chi connectivity index (χ2n) is 6.12. The molecule has 2 aromatic heterocycles. The van der Waals surface area contributed by atoms with Gasteiger partial charge >= 0.3 is 16.4 Å². The number of benzene rings is 2. The Morgan fingerprint density at radius 2 is 1.78 bits per heavy atom. The van der Waals surface area contributed by atoms with Crippen molar-refractivity contribution in [3.63, 3.8) is 0 Å². The van der Waals surface area contributed by atoms with Gasteiger partial charge in [0.2, 0.25) is 0 Å². The molecule has 27 heavy (non-hydrogen) atoms. The van der Waals surface area contributed by atoms with Gasteiger partial charge in [-0.3, -0.25) is 0 Å². The number of fused-ring (bicyclic) bond motifs is 1. The van der Waals surface area contributed by atoms with E-state index in [0.717, 1.165) is 17.7 Å². The fourth-order valence-corrected chi connectivity index (χ4v) is 4.07. The molecule has 0 bridgehead atoms. The molecule has 0 unspecified atom stereocenters. The van der Waals surface area contributed by atoms with Gasteiger partial charge in [-0.15, -0.1) is 4.57 Å². The third-order valence-corrected chi connectivity index (χ3v) is 5.27. The van der Waals surface area contributed by atoms with Crippen molar-refractivity contribution < 1.29 is 9.51 Å². The van der Waals surface area contributed by atoms with Crippen LogP contribution in [-0.2, 0) is 0 Å². The maximum atomic E-state index is 13.5. The smallest absolute Gasteiger partial charge is 0.356 e. The molecule has 0 radical (unpaired) electrons. The van der Waals surface area contributed by atoms with Crippen LogP contribution in [0.15, 0.2) is 83.1 Å². The summed E-state index contributed by atoms with van der Waals surface area (Å²) in [6, 6.07) is 19.2. The Hall–Kier alpha value is -3.18. The van der Waals surface area contributed by atoms with E-state index in [4.69, 9.17) is 0 Å². The quantitative estimate of drug-likeness (QED) is 0.540. The third kappa shape index (κ3) is 2.96. The summed E-state index contributed by atoms with van der Waals surface area (Å²) in [7, 11) is 0. The van der Waals surface area contributed by atoms with Crippen molar-refractivity contribution in [2.45, 2.75) is 13.3 Å². The summed E-state index contributed by atoms with van der Waals surface area (Å²) in [5.74, 6) is -0.0392.